The molecule has 0 saturated carbocycles. The molecule has 16 heteroatoms. The summed E-state index contributed by atoms with van der Waals surface area (Å²) in [6.45, 7) is 3.49. The van der Waals surface area contributed by atoms with Gasteiger partial charge in [0, 0.05) is 51.8 Å². The van der Waals surface area contributed by atoms with Gasteiger partial charge in [0.05, 0.1) is 32.5 Å². The van der Waals surface area contributed by atoms with Gasteiger partial charge in [-0.1, -0.05) is 77.0 Å². The third-order valence-corrected chi connectivity index (χ3v) is 9.86. The first kappa shape index (κ1) is 55.5. The first-order chi connectivity index (χ1) is 28.5. The van der Waals surface area contributed by atoms with Crippen molar-refractivity contribution < 1.29 is 58.0 Å². The van der Waals surface area contributed by atoms with Gasteiger partial charge in [-0.05, 0) is 58.9 Å². The molecule has 0 aliphatic heterocycles. The lowest BCUT2D eigenvalue weighted by Crippen LogP contribution is -2.41. The Bertz CT molecular complexity index is 1160. The quantitative estimate of drug-likeness (QED) is 0.0442. The number of nitrogens with one attached hydrogen (secondary N) is 4. The lowest BCUT2D eigenvalue weighted by molar-refractivity contribution is -0.142. The number of ketones is 2. The van der Waals surface area contributed by atoms with E-state index in [1.54, 1.807) is 14.0 Å². The minimum atomic E-state index is -1.15. The van der Waals surface area contributed by atoms with E-state index in [1.165, 1.54) is 44.9 Å². The standard InChI is InChI=1S/C43H78N4O12/c1-35(48)37(44-2)21-17-18-27-45-39(50)26-30-58-31-28-46-41(52)34-59-33-32-57-29-19-20-36(49)24-25-38(43(55)56)47-40(51)22-15-13-11-9-7-5-3-4-6-8-10-12-14-16-23-42(53)54/h37-38,44H,3-34H2,1-2H3,(H,45,50)(H,46,52)(H,47,51)(H,53,54)(H,55,56)/t37-,38?/m0/s1. The number of amides is 3. The molecule has 0 spiro atoms. The van der Waals surface area contributed by atoms with Gasteiger partial charge < -0.3 is 45.7 Å². The first-order valence-electron chi connectivity index (χ1n) is 22.2. The van der Waals surface area contributed by atoms with Gasteiger partial charge >= 0.3 is 11.9 Å². The second kappa shape index (κ2) is 40.0. The molecule has 6 N–H and O–H groups in total. The summed E-state index contributed by atoms with van der Waals surface area (Å²) in [6.07, 6.45) is 19.0. The molecule has 0 radical (unpaired) electrons. The van der Waals surface area contributed by atoms with E-state index in [9.17, 15) is 38.7 Å². The zero-order valence-electron chi connectivity index (χ0n) is 36.3. The molecule has 3 amide bonds. The highest BCUT2D eigenvalue weighted by atomic mass is 16.5. The fourth-order valence-corrected chi connectivity index (χ4v) is 6.31. The van der Waals surface area contributed by atoms with E-state index in [-0.39, 0.29) is 113 Å². The molecule has 0 aromatic carbocycles. The maximum absolute atomic E-state index is 12.3. The van der Waals surface area contributed by atoms with Crippen LogP contribution in [-0.4, -0.2) is 123 Å². The number of hydrogen-bond acceptors (Lipinski definition) is 11. The highest BCUT2D eigenvalue weighted by Gasteiger charge is 2.21. The molecule has 0 saturated heterocycles. The van der Waals surface area contributed by atoms with E-state index < -0.39 is 18.0 Å². The number of carboxylic acids is 2. The Morgan fingerprint density at radius 3 is 1.61 bits per heavy atom. The lowest BCUT2D eigenvalue weighted by atomic mass is 10.0. The minimum Gasteiger partial charge on any atom is -0.481 e. The maximum Gasteiger partial charge on any atom is 0.326 e. The molecule has 2 atom stereocenters. The van der Waals surface area contributed by atoms with Crippen LogP contribution in [0.4, 0.5) is 0 Å². The summed E-state index contributed by atoms with van der Waals surface area (Å²) >= 11 is 0. The van der Waals surface area contributed by atoms with E-state index in [0.29, 0.717) is 26.0 Å². The van der Waals surface area contributed by atoms with Gasteiger partial charge in [-0.2, -0.15) is 0 Å². The molecule has 16 nitrogen and oxygen atoms in total. The van der Waals surface area contributed by atoms with E-state index >= 15 is 0 Å². The number of rotatable bonds is 44. The fourth-order valence-electron chi connectivity index (χ4n) is 6.31. The molecule has 0 aliphatic rings. The maximum atomic E-state index is 12.3. The molecule has 0 rings (SSSR count). The number of carbonyl (C=O) groups is 7. The van der Waals surface area contributed by atoms with Crippen LogP contribution in [0.25, 0.3) is 0 Å². The molecule has 0 aromatic rings. The Hall–Kier alpha value is -3.47. The number of hydrogen-bond donors (Lipinski definition) is 6. The van der Waals surface area contributed by atoms with Crippen molar-refractivity contribution in [3.63, 3.8) is 0 Å². The average Bonchev–Trinajstić information content (AvgIpc) is 3.19. The first-order valence-corrected chi connectivity index (χ1v) is 22.2. The second-order valence-corrected chi connectivity index (χ2v) is 15.2. The van der Waals surface area contributed by atoms with Crippen LogP contribution in [0.1, 0.15) is 161 Å². The summed E-state index contributed by atoms with van der Waals surface area (Å²) in [5, 5.41) is 29.2. The smallest absolute Gasteiger partial charge is 0.326 e. The number of unbranched alkanes of at least 4 members (excludes halogenated alkanes) is 14. The lowest BCUT2D eigenvalue weighted by Gasteiger charge is -2.14. The molecule has 342 valence electrons. The zero-order valence-corrected chi connectivity index (χ0v) is 36.3. The number of Topliss-reactive ketones (excluding diaryl/α,β-unsaturated/α-hetero) is 2. The topological polar surface area (TPSA) is 236 Å². The summed E-state index contributed by atoms with van der Waals surface area (Å²) < 4.78 is 16.1. The van der Waals surface area contributed by atoms with E-state index in [1.807, 2.05) is 0 Å². The SMILES string of the molecule is CN[C@@H](CCCCNC(=O)CCOCCNC(=O)COCCOCCCC(=O)CCC(NC(=O)CCCCCCCCCCCCCCCCC(=O)O)C(=O)O)C(C)=O. The highest BCUT2D eigenvalue weighted by molar-refractivity contribution is 5.85. The van der Waals surface area contributed by atoms with Gasteiger partial charge in [0.1, 0.15) is 24.2 Å². The zero-order chi connectivity index (χ0) is 43.8. The van der Waals surface area contributed by atoms with Crippen LogP contribution in [0, 0.1) is 0 Å². The molecule has 1 unspecified atom stereocenters. The van der Waals surface area contributed by atoms with Crippen LogP contribution in [0.15, 0.2) is 0 Å². The van der Waals surface area contributed by atoms with Crippen LogP contribution < -0.4 is 21.3 Å². The van der Waals surface area contributed by atoms with E-state index in [4.69, 9.17) is 19.3 Å². The summed E-state index contributed by atoms with van der Waals surface area (Å²) in [5.41, 5.74) is 0. The molecule has 0 aromatic heterocycles. The van der Waals surface area contributed by atoms with Gasteiger partial charge in [0.25, 0.3) is 0 Å². The number of carbonyl (C=O) groups excluding carboxylic acids is 5. The van der Waals surface area contributed by atoms with Gasteiger partial charge in [-0.25, -0.2) is 4.79 Å². The summed E-state index contributed by atoms with van der Waals surface area (Å²) in [6, 6.07) is -1.24. The van der Waals surface area contributed by atoms with Gasteiger partial charge in [-0.3, -0.25) is 28.8 Å². The van der Waals surface area contributed by atoms with Crippen molar-refractivity contribution >= 4 is 41.2 Å². The third kappa shape index (κ3) is 38.5. The summed E-state index contributed by atoms with van der Waals surface area (Å²) in [5.74, 6) is -2.59. The number of ether oxygens (including phenoxy) is 3. The normalized spacial score (nSPS) is 12.1. The molecule has 0 fully saturated rings. The van der Waals surface area contributed by atoms with Crippen molar-refractivity contribution in [3.05, 3.63) is 0 Å². The predicted octanol–water partition coefficient (Wildman–Crippen LogP) is 5.03. The fraction of sp³-hybridized carbons (Fsp3) is 0.837. The van der Waals surface area contributed by atoms with E-state index in [2.05, 4.69) is 21.3 Å². The van der Waals surface area contributed by atoms with Crippen LogP contribution in [0.5, 0.6) is 0 Å². The van der Waals surface area contributed by atoms with Crippen LogP contribution in [0.3, 0.4) is 0 Å². The van der Waals surface area contributed by atoms with Crippen molar-refractivity contribution in [2.24, 2.45) is 0 Å². The predicted molar refractivity (Wildman–Crippen MR) is 225 cm³/mol. The van der Waals surface area contributed by atoms with Crippen LogP contribution in [-0.2, 0) is 47.8 Å². The second-order valence-electron chi connectivity index (χ2n) is 15.2. The van der Waals surface area contributed by atoms with Gasteiger partial charge in [0.15, 0.2) is 0 Å². The highest BCUT2D eigenvalue weighted by Crippen LogP contribution is 2.14. The summed E-state index contributed by atoms with van der Waals surface area (Å²) in [7, 11) is 1.76. The van der Waals surface area contributed by atoms with Crippen molar-refractivity contribution in [2.45, 2.75) is 173 Å². The van der Waals surface area contributed by atoms with Gasteiger partial charge in [-0.15, -0.1) is 0 Å². The minimum absolute atomic E-state index is 0.0380. The molecular formula is C43H78N4O12. The molecule has 0 aliphatic carbocycles. The van der Waals surface area contributed by atoms with E-state index in [0.717, 1.165) is 57.8 Å². The molecule has 0 heterocycles. The summed E-state index contributed by atoms with van der Waals surface area (Å²) in [4.78, 5) is 82.0. The van der Waals surface area contributed by atoms with Crippen molar-refractivity contribution in [1.82, 2.24) is 21.3 Å². The molecule has 59 heavy (non-hydrogen) atoms. The van der Waals surface area contributed by atoms with Gasteiger partial charge in [0.2, 0.25) is 17.7 Å². The molecular weight excluding hydrogens is 764 g/mol. The van der Waals surface area contributed by atoms with Crippen LogP contribution >= 0.6 is 0 Å². The van der Waals surface area contributed by atoms with Crippen LogP contribution in [0.2, 0.25) is 0 Å². The van der Waals surface area contributed by atoms with Crippen molar-refractivity contribution in [1.29, 1.82) is 0 Å². The van der Waals surface area contributed by atoms with Crippen molar-refractivity contribution in [2.75, 3.05) is 59.8 Å². The Labute approximate surface area is 352 Å². The monoisotopic (exact) mass is 843 g/mol. The Kier molecular flexibility index (Phi) is 37.6. The number of likely N-dealkylation sites (N-methyl/N-ethyl adjacent to an activating group) is 1. The largest absolute Gasteiger partial charge is 0.481 e. The number of aliphatic carboxylic acids is 2. The number of carboxylic acid groups (broad SMARTS) is 2. The Balaban J connectivity index is 3.68. The Morgan fingerprint density at radius 1 is 0.475 bits per heavy atom. The molecule has 0 bridgehead atoms. The average molecular weight is 843 g/mol. The Morgan fingerprint density at radius 2 is 1.03 bits per heavy atom. The van der Waals surface area contributed by atoms with Crippen molar-refractivity contribution in [3.8, 4) is 0 Å². The third-order valence-electron chi connectivity index (χ3n) is 9.86.